The average molecular weight is 358 g/mol. The fraction of sp³-hybridized carbons (Fsp3) is 0.250. The third-order valence-electron chi connectivity index (χ3n) is 3.59. The maximum atomic E-state index is 12.2. The molecule has 1 aromatic carbocycles. The van der Waals surface area contributed by atoms with E-state index in [4.69, 9.17) is 13.7 Å². The minimum Gasteiger partial charge on any atom is -0.452 e. The summed E-state index contributed by atoms with van der Waals surface area (Å²) in [6.45, 7) is 3.26. The molecule has 10 heteroatoms. The van der Waals surface area contributed by atoms with Gasteiger partial charge in [-0.2, -0.15) is 0 Å². The molecule has 0 aliphatic heterocycles. The largest absolute Gasteiger partial charge is 0.452 e. The second-order valence-corrected chi connectivity index (χ2v) is 5.30. The first kappa shape index (κ1) is 17.3. The smallest absolute Gasteiger partial charge is 0.344 e. The highest BCUT2D eigenvalue weighted by molar-refractivity contribution is 5.91. The van der Waals surface area contributed by atoms with Crippen molar-refractivity contribution in [1.29, 1.82) is 0 Å². The van der Waals surface area contributed by atoms with Gasteiger partial charge in [0.2, 0.25) is 5.89 Å². The minimum absolute atomic E-state index is 0.0433. The number of hydrogen-bond acceptors (Lipinski definition) is 9. The Kier molecular flexibility index (Phi) is 4.74. The highest BCUT2D eigenvalue weighted by Gasteiger charge is 2.21. The Morgan fingerprint density at radius 2 is 2.00 bits per heavy atom. The molecule has 0 radical (unpaired) electrons. The fourth-order valence-electron chi connectivity index (χ4n) is 2.27. The number of esters is 1. The highest BCUT2D eigenvalue weighted by atomic mass is 16.6. The molecule has 0 amide bonds. The van der Waals surface area contributed by atoms with Crippen molar-refractivity contribution in [3.63, 3.8) is 0 Å². The van der Waals surface area contributed by atoms with Crippen LogP contribution in [-0.2, 0) is 17.8 Å². The van der Waals surface area contributed by atoms with Crippen LogP contribution in [0.5, 0.6) is 0 Å². The molecule has 3 rings (SSSR count). The number of carbonyl (C=O) groups is 1. The van der Waals surface area contributed by atoms with Crippen molar-refractivity contribution < 1.29 is 23.4 Å². The van der Waals surface area contributed by atoms with Crippen LogP contribution in [0.25, 0.3) is 11.5 Å². The van der Waals surface area contributed by atoms with Gasteiger partial charge in [0, 0.05) is 17.7 Å². The van der Waals surface area contributed by atoms with Gasteiger partial charge < -0.3 is 13.7 Å². The molecule has 0 saturated carbocycles. The lowest BCUT2D eigenvalue weighted by Crippen LogP contribution is -2.08. The minimum atomic E-state index is -0.587. The van der Waals surface area contributed by atoms with E-state index in [1.54, 1.807) is 6.92 Å². The molecule has 2 aromatic heterocycles. The molecule has 0 N–H and O–H groups in total. The molecule has 0 saturated heterocycles. The monoisotopic (exact) mass is 358 g/mol. The molecule has 134 valence electrons. The number of carbonyl (C=O) groups excluding carboxylic acids is 1. The van der Waals surface area contributed by atoms with Gasteiger partial charge in [0.1, 0.15) is 11.3 Å². The van der Waals surface area contributed by atoms with Gasteiger partial charge in [-0.3, -0.25) is 10.1 Å². The Morgan fingerprint density at radius 3 is 2.65 bits per heavy atom. The zero-order valence-electron chi connectivity index (χ0n) is 14.0. The number of non-ortho nitro benzene ring substituents is 1. The molecule has 0 bridgehead atoms. The average Bonchev–Trinajstić information content (AvgIpc) is 3.26. The first-order chi connectivity index (χ1) is 12.5. The highest BCUT2D eigenvalue weighted by Crippen LogP contribution is 2.22. The van der Waals surface area contributed by atoms with E-state index < -0.39 is 10.9 Å². The van der Waals surface area contributed by atoms with Crippen molar-refractivity contribution >= 4 is 11.7 Å². The first-order valence-corrected chi connectivity index (χ1v) is 7.69. The predicted octanol–water partition coefficient (Wildman–Crippen LogP) is 2.86. The first-order valence-electron chi connectivity index (χ1n) is 7.69. The number of nitro groups is 1. The summed E-state index contributed by atoms with van der Waals surface area (Å²) in [6, 6.07) is 5.66. The number of aromatic nitrogens is 3. The van der Waals surface area contributed by atoms with Gasteiger partial charge >= 0.3 is 5.97 Å². The Hall–Kier alpha value is -3.56. The lowest BCUT2D eigenvalue weighted by molar-refractivity contribution is -0.384. The number of benzene rings is 1. The molecule has 0 atom stereocenters. The zero-order valence-corrected chi connectivity index (χ0v) is 14.0. The van der Waals surface area contributed by atoms with Crippen LogP contribution in [0, 0.1) is 17.0 Å². The van der Waals surface area contributed by atoms with Crippen molar-refractivity contribution in [2.24, 2.45) is 0 Å². The van der Waals surface area contributed by atoms with Gasteiger partial charge in [0.15, 0.2) is 6.61 Å². The zero-order chi connectivity index (χ0) is 18.7. The summed E-state index contributed by atoms with van der Waals surface area (Å²) in [5.74, 6) is 0.0554. The second kappa shape index (κ2) is 7.13. The Bertz CT molecular complexity index is 944. The van der Waals surface area contributed by atoms with Crippen LogP contribution in [0.3, 0.4) is 0 Å². The van der Waals surface area contributed by atoms with Crippen LogP contribution in [0.15, 0.2) is 33.2 Å². The van der Waals surface area contributed by atoms with Crippen LogP contribution >= 0.6 is 0 Å². The predicted molar refractivity (Wildman–Crippen MR) is 86.1 cm³/mol. The summed E-state index contributed by atoms with van der Waals surface area (Å²) in [6.07, 6.45) is 0.534. The van der Waals surface area contributed by atoms with E-state index in [0.717, 1.165) is 0 Å². The fourth-order valence-corrected chi connectivity index (χ4v) is 2.27. The number of nitrogens with zero attached hydrogens (tertiary/aromatic N) is 4. The maximum absolute atomic E-state index is 12.2. The maximum Gasteiger partial charge on any atom is 0.344 e. The van der Waals surface area contributed by atoms with Crippen LogP contribution in [0.1, 0.15) is 34.6 Å². The molecule has 0 aliphatic rings. The van der Waals surface area contributed by atoms with Crippen molar-refractivity contribution in [1.82, 2.24) is 15.4 Å². The van der Waals surface area contributed by atoms with Gasteiger partial charge in [0.25, 0.3) is 11.6 Å². The summed E-state index contributed by atoms with van der Waals surface area (Å²) >= 11 is 0. The second-order valence-electron chi connectivity index (χ2n) is 5.30. The Balaban J connectivity index is 1.68. The van der Waals surface area contributed by atoms with Crippen molar-refractivity contribution in [3.05, 3.63) is 57.3 Å². The number of aryl methyl sites for hydroxylation is 2. The standard InChI is InChI=1S/C16H14N4O6/c1-3-12-14(9(2)26-19-12)16(21)24-8-13-17-18-15(25-13)10-4-6-11(7-5-10)20(22)23/h4-7H,3,8H2,1-2H3. The molecule has 26 heavy (non-hydrogen) atoms. The van der Waals surface area contributed by atoms with Gasteiger partial charge in [-0.05, 0) is 25.5 Å². The summed E-state index contributed by atoms with van der Waals surface area (Å²) in [7, 11) is 0. The summed E-state index contributed by atoms with van der Waals surface area (Å²) < 4.78 is 15.6. The number of rotatable bonds is 6. The summed E-state index contributed by atoms with van der Waals surface area (Å²) in [4.78, 5) is 22.3. The van der Waals surface area contributed by atoms with E-state index in [-0.39, 0.29) is 24.1 Å². The third-order valence-corrected chi connectivity index (χ3v) is 3.59. The molecule has 10 nitrogen and oxygen atoms in total. The SMILES string of the molecule is CCc1noc(C)c1C(=O)OCc1nnc(-c2ccc([N+](=O)[O-])cc2)o1. The molecule has 0 fully saturated rings. The molecule has 3 aromatic rings. The number of ether oxygens (including phenoxy) is 1. The van der Waals surface area contributed by atoms with E-state index in [0.29, 0.717) is 29.0 Å². The molecular weight excluding hydrogens is 344 g/mol. The Morgan fingerprint density at radius 1 is 1.27 bits per heavy atom. The molecular formula is C16H14N4O6. The van der Waals surface area contributed by atoms with E-state index in [2.05, 4.69) is 15.4 Å². The third kappa shape index (κ3) is 3.43. The van der Waals surface area contributed by atoms with Crippen LogP contribution in [0.2, 0.25) is 0 Å². The van der Waals surface area contributed by atoms with Gasteiger partial charge in [-0.25, -0.2) is 4.79 Å². The van der Waals surface area contributed by atoms with Gasteiger partial charge in [0.05, 0.1) is 10.6 Å². The summed E-state index contributed by atoms with van der Waals surface area (Å²) in [5, 5.41) is 22.1. The Labute approximate surface area is 146 Å². The van der Waals surface area contributed by atoms with Crippen LogP contribution < -0.4 is 0 Å². The van der Waals surface area contributed by atoms with E-state index in [1.807, 2.05) is 6.92 Å². The van der Waals surface area contributed by atoms with Crippen molar-refractivity contribution in [2.45, 2.75) is 26.9 Å². The number of hydrogen-bond donors (Lipinski definition) is 0. The lowest BCUT2D eigenvalue weighted by Gasteiger charge is -2.01. The quantitative estimate of drug-likeness (QED) is 0.370. The van der Waals surface area contributed by atoms with Gasteiger partial charge in [-0.1, -0.05) is 12.1 Å². The van der Waals surface area contributed by atoms with E-state index in [1.165, 1.54) is 24.3 Å². The van der Waals surface area contributed by atoms with Gasteiger partial charge in [-0.15, -0.1) is 10.2 Å². The molecule has 0 unspecified atom stereocenters. The van der Waals surface area contributed by atoms with E-state index in [9.17, 15) is 14.9 Å². The van der Waals surface area contributed by atoms with E-state index >= 15 is 0 Å². The van der Waals surface area contributed by atoms with Crippen molar-refractivity contribution in [3.8, 4) is 11.5 Å². The molecule has 0 aliphatic carbocycles. The number of nitro benzene ring substituents is 1. The molecule has 0 spiro atoms. The topological polar surface area (TPSA) is 134 Å². The normalized spacial score (nSPS) is 10.7. The lowest BCUT2D eigenvalue weighted by atomic mass is 10.1. The van der Waals surface area contributed by atoms with Crippen LogP contribution in [0.4, 0.5) is 5.69 Å². The molecule has 2 heterocycles. The van der Waals surface area contributed by atoms with Crippen molar-refractivity contribution in [2.75, 3.05) is 0 Å². The van der Waals surface area contributed by atoms with Crippen LogP contribution in [-0.4, -0.2) is 26.2 Å². The summed E-state index contributed by atoms with van der Waals surface area (Å²) in [5.41, 5.74) is 1.29.